The van der Waals surface area contributed by atoms with Crippen molar-refractivity contribution in [3.8, 4) is 11.8 Å². The Morgan fingerprint density at radius 2 is 1.81 bits per heavy atom. The molecule has 0 saturated heterocycles. The third-order valence-corrected chi connectivity index (χ3v) is 3.88. The summed E-state index contributed by atoms with van der Waals surface area (Å²) in [6.07, 6.45) is 9.23. The van der Waals surface area contributed by atoms with Crippen molar-refractivity contribution in [1.82, 2.24) is 0 Å². The lowest BCUT2D eigenvalue weighted by molar-refractivity contribution is 0.0970. The maximum absolute atomic E-state index is 9.85. The van der Waals surface area contributed by atoms with Gasteiger partial charge in [0, 0.05) is 11.5 Å². The van der Waals surface area contributed by atoms with Crippen molar-refractivity contribution in [2.45, 2.75) is 64.4 Å². The Bertz CT molecular complexity index is 329. The van der Waals surface area contributed by atoms with Gasteiger partial charge in [0.05, 0.1) is 6.10 Å². The first-order valence-electron chi connectivity index (χ1n) is 6.65. The van der Waals surface area contributed by atoms with Crippen LogP contribution in [0.3, 0.4) is 0 Å². The van der Waals surface area contributed by atoms with Crippen molar-refractivity contribution in [3.63, 3.8) is 0 Å². The number of allylic oxidation sites excluding steroid dienone is 2. The number of hydrogen-bond donors (Lipinski definition) is 1. The van der Waals surface area contributed by atoms with Crippen LogP contribution >= 0.6 is 0 Å². The van der Waals surface area contributed by atoms with Crippen LogP contribution in [-0.4, -0.2) is 11.2 Å². The monoisotopic (exact) mass is 218 g/mol. The zero-order valence-corrected chi connectivity index (χ0v) is 10.3. The van der Waals surface area contributed by atoms with Crippen LogP contribution in [0.4, 0.5) is 0 Å². The summed E-state index contributed by atoms with van der Waals surface area (Å²) in [5.41, 5.74) is 2.83. The third kappa shape index (κ3) is 2.89. The number of rotatable bonds is 0. The molecule has 16 heavy (non-hydrogen) atoms. The minimum Gasteiger partial charge on any atom is -0.392 e. The summed E-state index contributed by atoms with van der Waals surface area (Å²) < 4.78 is 0. The van der Waals surface area contributed by atoms with Gasteiger partial charge < -0.3 is 5.11 Å². The maximum Gasteiger partial charge on any atom is 0.0677 e. The highest BCUT2D eigenvalue weighted by molar-refractivity contribution is 5.35. The van der Waals surface area contributed by atoms with E-state index < -0.39 is 0 Å². The zero-order valence-electron chi connectivity index (χ0n) is 10.3. The molecule has 1 heteroatoms. The van der Waals surface area contributed by atoms with E-state index in [1.807, 2.05) is 0 Å². The molecule has 0 amide bonds. The van der Waals surface area contributed by atoms with Gasteiger partial charge in [-0.1, -0.05) is 30.3 Å². The molecular formula is C15H22O. The maximum atomic E-state index is 9.85. The second-order valence-electron chi connectivity index (χ2n) is 5.19. The SMILES string of the molecule is CC1=C(C#CC2CCCCC2O)CCCC1. The molecule has 2 unspecified atom stereocenters. The highest BCUT2D eigenvalue weighted by Gasteiger charge is 2.20. The summed E-state index contributed by atoms with van der Waals surface area (Å²) in [7, 11) is 0. The van der Waals surface area contributed by atoms with Gasteiger partial charge in [-0.15, -0.1) is 0 Å². The van der Waals surface area contributed by atoms with Crippen LogP contribution in [0.25, 0.3) is 0 Å². The predicted octanol–water partition coefficient (Wildman–Crippen LogP) is 3.43. The average molecular weight is 218 g/mol. The largest absolute Gasteiger partial charge is 0.392 e. The Balaban J connectivity index is 2.02. The van der Waals surface area contributed by atoms with Crippen molar-refractivity contribution < 1.29 is 5.11 Å². The van der Waals surface area contributed by atoms with E-state index in [4.69, 9.17) is 0 Å². The van der Waals surface area contributed by atoms with Crippen LogP contribution < -0.4 is 0 Å². The van der Waals surface area contributed by atoms with Crippen LogP contribution in [0.2, 0.25) is 0 Å². The fraction of sp³-hybridized carbons (Fsp3) is 0.733. The van der Waals surface area contributed by atoms with Crippen molar-refractivity contribution in [1.29, 1.82) is 0 Å². The molecule has 0 aromatic heterocycles. The van der Waals surface area contributed by atoms with Crippen LogP contribution in [0.15, 0.2) is 11.1 Å². The summed E-state index contributed by atoms with van der Waals surface area (Å²) >= 11 is 0. The van der Waals surface area contributed by atoms with E-state index in [2.05, 4.69) is 18.8 Å². The van der Waals surface area contributed by atoms with Gasteiger partial charge >= 0.3 is 0 Å². The molecule has 88 valence electrons. The lowest BCUT2D eigenvalue weighted by Crippen LogP contribution is -2.22. The molecule has 2 aliphatic carbocycles. The molecule has 0 heterocycles. The van der Waals surface area contributed by atoms with E-state index in [9.17, 15) is 5.11 Å². The molecule has 0 radical (unpaired) electrons. The summed E-state index contributed by atoms with van der Waals surface area (Å²) in [6.45, 7) is 2.21. The van der Waals surface area contributed by atoms with E-state index in [1.54, 1.807) is 0 Å². The zero-order chi connectivity index (χ0) is 11.4. The van der Waals surface area contributed by atoms with Crippen LogP contribution in [0.1, 0.15) is 58.3 Å². The second-order valence-corrected chi connectivity index (χ2v) is 5.19. The number of hydrogen-bond acceptors (Lipinski definition) is 1. The minimum absolute atomic E-state index is 0.175. The predicted molar refractivity (Wildman–Crippen MR) is 66.9 cm³/mol. The number of aliphatic hydroxyl groups excluding tert-OH is 1. The van der Waals surface area contributed by atoms with Gasteiger partial charge in [0.25, 0.3) is 0 Å². The standard InChI is InChI=1S/C15H22O/c1-12-6-2-3-7-13(12)10-11-14-8-4-5-9-15(14)16/h14-16H,2-9H2,1H3. The summed E-state index contributed by atoms with van der Waals surface area (Å²) in [5.74, 6) is 6.89. The van der Waals surface area contributed by atoms with Crippen molar-refractivity contribution in [3.05, 3.63) is 11.1 Å². The summed E-state index contributed by atoms with van der Waals surface area (Å²) in [5, 5.41) is 9.85. The highest BCUT2D eigenvalue weighted by Crippen LogP contribution is 2.26. The second kappa shape index (κ2) is 5.55. The Hall–Kier alpha value is -0.740. The Morgan fingerprint density at radius 3 is 2.56 bits per heavy atom. The van der Waals surface area contributed by atoms with Crippen molar-refractivity contribution in [2.24, 2.45) is 5.92 Å². The first kappa shape index (κ1) is 11.7. The molecule has 0 aliphatic heterocycles. The summed E-state index contributed by atoms with van der Waals surface area (Å²) in [4.78, 5) is 0. The molecule has 1 nitrogen and oxygen atoms in total. The van der Waals surface area contributed by atoms with Crippen molar-refractivity contribution in [2.75, 3.05) is 0 Å². The molecule has 2 aliphatic rings. The van der Waals surface area contributed by atoms with Gasteiger partial charge in [0.1, 0.15) is 0 Å². The molecule has 1 N–H and O–H groups in total. The van der Waals surface area contributed by atoms with E-state index in [1.165, 1.54) is 43.3 Å². The first-order chi connectivity index (χ1) is 7.77. The van der Waals surface area contributed by atoms with Crippen LogP contribution in [-0.2, 0) is 0 Å². The van der Waals surface area contributed by atoms with E-state index in [-0.39, 0.29) is 12.0 Å². The smallest absolute Gasteiger partial charge is 0.0677 e. The quantitative estimate of drug-likeness (QED) is 0.618. The van der Waals surface area contributed by atoms with E-state index in [0.29, 0.717) is 0 Å². The Kier molecular flexibility index (Phi) is 4.07. The molecular weight excluding hydrogens is 196 g/mol. The first-order valence-corrected chi connectivity index (χ1v) is 6.65. The lowest BCUT2D eigenvalue weighted by Gasteiger charge is -2.23. The third-order valence-electron chi connectivity index (χ3n) is 3.88. The van der Waals surface area contributed by atoms with Crippen molar-refractivity contribution >= 4 is 0 Å². The fourth-order valence-corrected chi connectivity index (χ4v) is 2.68. The Labute approximate surface area is 98.9 Å². The molecule has 2 rings (SSSR count). The number of aliphatic hydroxyl groups is 1. The van der Waals surface area contributed by atoms with Crippen LogP contribution in [0.5, 0.6) is 0 Å². The molecule has 2 atom stereocenters. The molecule has 0 aromatic rings. The van der Waals surface area contributed by atoms with Gasteiger partial charge in [-0.25, -0.2) is 0 Å². The van der Waals surface area contributed by atoms with E-state index in [0.717, 1.165) is 19.3 Å². The van der Waals surface area contributed by atoms with Gasteiger partial charge in [0.15, 0.2) is 0 Å². The molecule has 0 bridgehead atoms. The van der Waals surface area contributed by atoms with Gasteiger partial charge in [0.2, 0.25) is 0 Å². The molecule has 0 aromatic carbocycles. The molecule has 0 spiro atoms. The highest BCUT2D eigenvalue weighted by atomic mass is 16.3. The molecule has 1 fully saturated rings. The van der Waals surface area contributed by atoms with Crippen LogP contribution in [0, 0.1) is 17.8 Å². The minimum atomic E-state index is -0.175. The van der Waals surface area contributed by atoms with E-state index >= 15 is 0 Å². The normalized spacial score (nSPS) is 30.9. The topological polar surface area (TPSA) is 20.2 Å². The average Bonchev–Trinajstić information content (AvgIpc) is 2.30. The fourth-order valence-electron chi connectivity index (χ4n) is 2.68. The Morgan fingerprint density at radius 1 is 1.06 bits per heavy atom. The van der Waals surface area contributed by atoms with Gasteiger partial charge in [-0.05, 0) is 45.4 Å². The lowest BCUT2D eigenvalue weighted by atomic mass is 9.86. The summed E-state index contributed by atoms with van der Waals surface area (Å²) in [6, 6.07) is 0. The molecule has 1 saturated carbocycles. The van der Waals surface area contributed by atoms with Gasteiger partial charge in [-0.3, -0.25) is 0 Å². The van der Waals surface area contributed by atoms with Gasteiger partial charge in [-0.2, -0.15) is 0 Å².